The summed E-state index contributed by atoms with van der Waals surface area (Å²) in [5.74, 6) is -0.429. The minimum atomic E-state index is -0.514. The van der Waals surface area contributed by atoms with Crippen LogP contribution in [0, 0.1) is 13.8 Å². The second-order valence-electron chi connectivity index (χ2n) is 8.51. The highest BCUT2D eigenvalue weighted by Gasteiger charge is 2.16. The Morgan fingerprint density at radius 3 is 2.34 bits per heavy atom. The van der Waals surface area contributed by atoms with Gasteiger partial charge >= 0.3 is 0 Å². The van der Waals surface area contributed by atoms with Gasteiger partial charge in [-0.2, -0.15) is 0 Å². The molecule has 4 aromatic rings. The summed E-state index contributed by atoms with van der Waals surface area (Å²) in [6.45, 7) is 4.03. The molecule has 7 nitrogen and oxygen atoms in total. The lowest BCUT2D eigenvalue weighted by molar-refractivity contribution is -0.114. The quantitative estimate of drug-likeness (QED) is 0.183. The van der Waals surface area contributed by atoms with Crippen molar-refractivity contribution in [3.05, 3.63) is 119 Å². The van der Waals surface area contributed by atoms with Crippen LogP contribution in [0.5, 0.6) is 0 Å². The van der Waals surface area contributed by atoms with E-state index in [0.717, 1.165) is 21.7 Å². The smallest absolute Gasteiger partial charge is 0.272 e. The summed E-state index contributed by atoms with van der Waals surface area (Å²) in [5.41, 5.74) is 4.00. The molecule has 38 heavy (non-hydrogen) atoms. The molecule has 0 fully saturated rings. The van der Waals surface area contributed by atoms with E-state index in [-0.39, 0.29) is 17.4 Å². The van der Waals surface area contributed by atoms with E-state index in [1.807, 2.05) is 38.1 Å². The van der Waals surface area contributed by atoms with E-state index in [1.54, 1.807) is 60.7 Å². The van der Waals surface area contributed by atoms with E-state index >= 15 is 0 Å². The van der Waals surface area contributed by atoms with Crippen molar-refractivity contribution in [1.29, 1.82) is 0 Å². The van der Waals surface area contributed by atoms with Crippen molar-refractivity contribution >= 4 is 46.9 Å². The lowest BCUT2D eigenvalue weighted by Gasteiger charge is -2.12. The fraction of sp³-hybridized carbons (Fsp3) is 0.100. The van der Waals surface area contributed by atoms with E-state index in [2.05, 4.69) is 16.0 Å². The number of hydrogen-bond donors (Lipinski definition) is 3. The first kappa shape index (κ1) is 26.5. The molecule has 192 valence electrons. The number of furan rings is 1. The molecule has 1 aromatic heterocycles. The monoisotopic (exact) mass is 525 g/mol. The number of hydrogen-bond acceptors (Lipinski definition) is 5. The first-order valence-corrected chi connectivity index (χ1v) is 12.9. The standard InChI is InChI=1S/C30H27N3O4S/c1-20-13-14-24(16-21(20)2)31-28(34)19-38-26-12-6-10-23(17-26)32-30(36)27(18-25-11-7-15-37-25)33-29(35)22-8-4-3-5-9-22/h3-18H,19H2,1-2H3,(H,31,34)(H,32,36)(H,33,35)/b27-18-. The molecule has 4 rings (SSSR count). The highest BCUT2D eigenvalue weighted by molar-refractivity contribution is 8.00. The van der Waals surface area contributed by atoms with Crippen LogP contribution in [0.3, 0.4) is 0 Å². The fourth-order valence-electron chi connectivity index (χ4n) is 3.49. The molecule has 0 aliphatic heterocycles. The molecule has 3 amide bonds. The number of aryl methyl sites for hydroxylation is 2. The summed E-state index contributed by atoms with van der Waals surface area (Å²) in [7, 11) is 0. The van der Waals surface area contributed by atoms with E-state index in [9.17, 15) is 14.4 Å². The van der Waals surface area contributed by atoms with Crippen molar-refractivity contribution in [2.24, 2.45) is 0 Å². The van der Waals surface area contributed by atoms with Crippen molar-refractivity contribution < 1.29 is 18.8 Å². The van der Waals surface area contributed by atoms with E-state index in [4.69, 9.17) is 4.42 Å². The Kier molecular flexibility index (Phi) is 8.79. The van der Waals surface area contributed by atoms with Crippen LogP contribution in [0.1, 0.15) is 27.2 Å². The Bertz CT molecular complexity index is 1460. The zero-order valence-electron chi connectivity index (χ0n) is 21.0. The number of carbonyl (C=O) groups excluding carboxylic acids is 3. The van der Waals surface area contributed by atoms with Crippen LogP contribution in [0.25, 0.3) is 6.08 Å². The number of amides is 3. The molecule has 0 saturated heterocycles. The molecule has 0 bridgehead atoms. The molecule has 0 saturated carbocycles. The van der Waals surface area contributed by atoms with Gasteiger partial charge in [0.2, 0.25) is 5.91 Å². The van der Waals surface area contributed by atoms with Gasteiger partial charge in [0.25, 0.3) is 11.8 Å². The normalized spacial score (nSPS) is 11.1. The number of rotatable bonds is 9. The van der Waals surface area contributed by atoms with Gasteiger partial charge < -0.3 is 20.4 Å². The zero-order valence-corrected chi connectivity index (χ0v) is 21.8. The van der Waals surface area contributed by atoms with E-state index < -0.39 is 11.8 Å². The minimum Gasteiger partial charge on any atom is -0.465 e. The Balaban J connectivity index is 1.40. The van der Waals surface area contributed by atoms with Crippen LogP contribution < -0.4 is 16.0 Å². The summed E-state index contributed by atoms with van der Waals surface area (Å²) in [6, 6.07) is 25.0. The third-order valence-corrected chi connectivity index (χ3v) is 6.60. The molecular formula is C30H27N3O4S. The zero-order chi connectivity index (χ0) is 26.9. The molecule has 0 aliphatic carbocycles. The third-order valence-electron chi connectivity index (χ3n) is 5.61. The molecule has 1 heterocycles. The highest BCUT2D eigenvalue weighted by Crippen LogP contribution is 2.23. The maximum Gasteiger partial charge on any atom is 0.272 e. The molecule has 0 atom stereocenters. The molecule has 0 spiro atoms. The van der Waals surface area contributed by atoms with E-state index in [0.29, 0.717) is 17.0 Å². The fourth-order valence-corrected chi connectivity index (χ4v) is 4.24. The van der Waals surface area contributed by atoms with Crippen LogP contribution in [0.4, 0.5) is 11.4 Å². The molecule has 0 aliphatic rings. The van der Waals surface area contributed by atoms with Crippen LogP contribution in [0.2, 0.25) is 0 Å². The first-order chi connectivity index (χ1) is 18.4. The highest BCUT2D eigenvalue weighted by atomic mass is 32.2. The van der Waals surface area contributed by atoms with Crippen LogP contribution in [-0.4, -0.2) is 23.5 Å². The summed E-state index contributed by atoms with van der Waals surface area (Å²) in [6.07, 6.45) is 2.95. The van der Waals surface area contributed by atoms with Gasteiger partial charge in [0.05, 0.1) is 12.0 Å². The lowest BCUT2D eigenvalue weighted by Crippen LogP contribution is -2.30. The average Bonchev–Trinajstić information content (AvgIpc) is 3.43. The topological polar surface area (TPSA) is 100 Å². The second kappa shape index (κ2) is 12.6. The van der Waals surface area contributed by atoms with Gasteiger partial charge in [0.15, 0.2) is 0 Å². The van der Waals surface area contributed by atoms with Gasteiger partial charge in [-0.05, 0) is 79.6 Å². The Hall–Kier alpha value is -4.56. The number of carbonyl (C=O) groups is 3. The first-order valence-electron chi connectivity index (χ1n) is 11.9. The van der Waals surface area contributed by atoms with Gasteiger partial charge in [0, 0.05) is 27.9 Å². The SMILES string of the molecule is Cc1ccc(NC(=O)CSc2cccc(NC(=O)/C(=C/c3ccco3)NC(=O)c3ccccc3)c2)cc1C. The summed E-state index contributed by atoms with van der Waals surface area (Å²) in [5, 5.41) is 8.39. The van der Waals surface area contributed by atoms with E-state index in [1.165, 1.54) is 24.1 Å². The maximum absolute atomic E-state index is 13.1. The summed E-state index contributed by atoms with van der Waals surface area (Å²) >= 11 is 1.35. The van der Waals surface area contributed by atoms with Gasteiger partial charge in [0.1, 0.15) is 11.5 Å². The molecule has 8 heteroatoms. The number of anilines is 2. The number of thioether (sulfide) groups is 1. The summed E-state index contributed by atoms with van der Waals surface area (Å²) < 4.78 is 5.33. The number of nitrogens with one attached hydrogen (secondary N) is 3. The van der Waals surface area contributed by atoms with Crippen molar-refractivity contribution in [2.75, 3.05) is 16.4 Å². The van der Waals surface area contributed by atoms with Crippen molar-refractivity contribution in [3.63, 3.8) is 0 Å². The molecule has 0 unspecified atom stereocenters. The minimum absolute atomic E-state index is 0.0274. The molecule has 3 N–H and O–H groups in total. The van der Waals surface area contributed by atoms with Crippen LogP contribution in [-0.2, 0) is 9.59 Å². The molecule has 3 aromatic carbocycles. The molecular weight excluding hydrogens is 498 g/mol. The second-order valence-corrected chi connectivity index (χ2v) is 9.56. The van der Waals surface area contributed by atoms with Crippen LogP contribution >= 0.6 is 11.8 Å². The van der Waals surface area contributed by atoms with Gasteiger partial charge in [-0.1, -0.05) is 30.3 Å². The van der Waals surface area contributed by atoms with Gasteiger partial charge in [-0.3, -0.25) is 14.4 Å². The van der Waals surface area contributed by atoms with Gasteiger partial charge in [-0.15, -0.1) is 11.8 Å². The Morgan fingerprint density at radius 1 is 0.816 bits per heavy atom. The molecule has 0 radical (unpaired) electrons. The summed E-state index contributed by atoms with van der Waals surface area (Å²) in [4.78, 5) is 39.1. The van der Waals surface area contributed by atoms with Crippen molar-refractivity contribution in [3.8, 4) is 0 Å². The Morgan fingerprint density at radius 2 is 1.61 bits per heavy atom. The lowest BCUT2D eigenvalue weighted by atomic mass is 10.1. The van der Waals surface area contributed by atoms with Crippen molar-refractivity contribution in [1.82, 2.24) is 5.32 Å². The predicted octanol–water partition coefficient (Wildman–Crippen LogP) is 6.04. The Labute approximate surface area is 225 Å². The van der Waals surface area contributed by atoms with Gasteiger partial charge in [-0.25, -0.2) is 0 Å². The third kappa shape index (κ3) is 7.47. The largest absolute Gasteiger partial charge is 0.465 e. The average molecular weight is 526 g/mol. The van der Waals surface area contributed by atoms with Crippen molar-refractivity contribution in [2.45, 2.75) is 18.7 Å². The number of benzene rings is 3. The predicted molar refractivity (Wildman–Crippen MR) is 151 cm³/mol. The van der Waals surface area contributed by atoms with Crippen LogP contribution in [0.15, 0.2) is 106 Å². The maximum atomic E-state index is 13.1.